The van der Waals surface area contributed by atoms with Crippen molar-refractivity contribution in [3.63, 3.8) is 0 Å². The highest BCUT2D eigenvalue weighted by atomic mass is 16.6. The molecule has 1 fully saturated rings. The van der Waals surface area contributed by atoms with Crippen molar-refractivity contribution in [1.82, 2.24) is 0 Å². The highest BCUT2D eigenvalue weighted by molar-refractivity contribution is 5.73. The Hall–Kier alpha value is -2.56. The van der Waals surface area contributed by atoms with Crippen molar-refractivity contribution in [1.29, 1.82) is 0 Å². The van der Waals surface area contributed by atoms with Crippen LogP contribution in [0.5, 0.6) is 0 Å². The number of nitrogens with zero attached hydrogens (tertiary/aromatic N) is 1. The summed E-state index contributed by atoms with van der Waals surface area (Å²) in [4.78, 5) is 11.1. The van der Waals surface area contributed by atoms with Crippen LogP contribution in [0, 0.1) is 16.0 Å². The van der Waals surface area contributed by atoms with Crippen molar-refractivity contribution in [2.45, 2.75) is 32.1 Å². The van der Waals surface area contributed by atoms with Gasteiger partial charge in [-0.3, -0.25) is 10.1 Å². The van der Waals surface area contributed by atoms with Crippen LogP contribution in [-0.4, -0.2) is 11.5 Å². The Balaban J connectivity index is 1.70. The van der Waals surface area contributed by atoms with Gasteiger partial charge in [-0.05, 0) is 43.0 Å². The van der Waals surface area contributed by atoms with E-state index >= 15 is 0 Å². The van der Waals surface area contributed by atoms with Crippen LogP contribution in [0.25, 0.3) is 0 Å². The molecule has 0 aromatic heterocycles. The highest BCUT2D eigenvalue weighted by Crippen LogP contribution is 2.31. The van der Waals surface area contributed by atoms with E-state index < -0.39 is 0 Å². The number of nitro benzene ring substituents is 1. The topological polar surface area (TPSA) is 67.2 Å². The van der Waals surface area contributed by atoms with Gasteiger partial charge in [-0.15, -0.1) is 0 Å². The van der Waals surface area contributed by atoms with E-state index in [0.717, 1.165) is 17.9 Å². The summed E-state index contributed by atoms with van der Waals surface area (Å²) >= 11 is 0. The van der Waals surface area contributed by atoms with E-state index in [1.807, 2.05) is 36.4 Å². The predicted octanol–water partition coefficient (Wildman–Crippen LogP) is 5.33. The third kappa shape index (κ3) is 4.25. The van der Waals surface area contributed by atoms with Crippen LogP contribution in [0.1, 0.15) is 32.1 Å². The maximum atomic E-state index is 11.4. The highest BCUT2D eigenvalue weighted by Gasteiger charge is 2.16. The van der Waals surface area contributed by atoms with Crippen molar-refractivity contribution < 1.29 is 4.92 Å². The molecule has 1 saturated carbocycles. The minimum absolute atomic E-state index is 0.0903. The number of anilines is 3. The minimum Gasteiger partial charge on any atom is -0.385 e. The molecule has 2 N–H and O–H groups in total. The van der Waals surface area contributed by atoms with E-state index in [4.69, 9.17) is 0 Å². The number of nitro groups is 1. The van der Waals surface area contributed by atoms with Crippen LogP contribution < -0.4 is 10.6 Å². The fourth-order valence-corrected chi connectivity index (χ4v) is 3.23. The zero-order chi connectivity index (χ0) is 16.8. The van der Waals surface area contributed by atoms with Crippen LogP contribution in [0.15, 0.2) is 48.5 Å². The number of benzene rings is 2. The second kappa shape index (κ2) is 7.81. The van der Waals surface area contributed by atoms with E-state index in [-0.39, 0.29) is 10.6 Å². The first-order valence-corrected chi connectivity index (χ1v) is 8.57. The van der Waals surface area contributed by atoms with Gasteiger partial charge < -0.3 is 10.6 Å². The zero-order valence-electron chi connectivity index (χ0n) is 13.7. The molecule has 5 nitrogen and oxygen atoms in total. The first kappa shape index (κ1) is 16.3. The van der Waals surface area contributed by atoms with Gasteiger partial charge in [0.1, 0.15) is 5.69 Å². The molecule has 0 aliphatic heterocycles. The lowest BCUT2D eigenvalue weighted by Gasteiger charge is -2.22. The van der Waals surface area contributed by atoms with Crippen molar-refractivity contribution in [2.75, 3.05) is 17.2 Å². The van der Waals surface area contributed by atoms with Gasteiger partial charge >= 0.3 is 0 Å². The molecule has 0 radical (unpaired) electrons. The second-order valence-electron chi connectivity index (χ2n) is 6.37. The Morgan fingerprint density at radius 1 is 1.00 bits per heavy atom. The molecule has 5 heteroatoms. The van der Waals surface area contributed by atoms with Gasteiger partial charge in [-0.25, -0.2) is 0 Å². The van der Waals surface area contributed by atoms with E-state index in [0.29, 0.717) is 11.6 Å². The SMILES string of the molecule is O=[N+]([O-])c1cc(NCC2CCCCC2)ccc1Nc1ccccc1. The van der Waals surface area contributed by atoms with Gasteiger partial charge in [-0.1, -0.05) is 37.5 Å². The Bertz CT molecular complexity index is 682. The summed E-state index contributed by atoms with van der Waals surface area (Å²) in [6, 6.07) is 14.8. The van der Waals surface area contributed by atoms with Gasteiger partial charge in [0.25, 0.3) is 5.69 Å². The van der Waals surface area contributed by atoms with Gasteiger partial charge in [0.2, 0.25) is 0 Å². The van der Waals surface area contributed by atoms with Crippen molar-refractivity contribution >= 4 is 22.7 Å². The molecule has 3 rings (SSSR count). The van der Waals surface area contributed by atoms with Gasteiger partial charge in [0, 0.05) is 24.0 Å². The smallest absolute Gasteiger partial charge is 0.294 e. The molecule has 0 spiro atoms. The summed E-state index contributed by atoms with van der Waals surface area (Å²) in [6.45, 7) is 0.891. The maximum Gasteiger partial charge on any atom is 0.294 e. The van der Waals surface area contributed by atoms with Gasteiger partial charge in [0.05, 0.1) is 4.92 Å². The number of rotatable bonds is 6. The molecule has 0 saturated heterocycles. The van der Waals surface area contributed by atoms with Gasteiger partial charge in [0.15, 0.2) is 0 Å². The lowest BCUT2D eigenvalue weighted by molar-refractivity contribution is -0.383. The first-order valence-electron chi connectivity index (χ1n) is 8.57. The lowest BCUT2D eigenvalue weighted by atomic mass is 9.89. The monoisotopic (exact) mass is 325 g/mol. The molecular weight excluding hydrogens is 302 g/mol. The normalized spacial score (nSPS) is 15.0. The van der Waals surface area contributed by atoms with Crippen LogP contribution in [0.2, 0.25) is 0 Å². The van der Waals surface area contributed by atoms with Crippen molar-refractivity contribution in [2.24, 2.45) is 5.92 Å². The van der Waals surface area contributed by atoms with E-state index in [2.05, 4.69) is 10.6 Å². The van der Waals surface area contributed by atoms with Gasteiger partial charge in [-0.2, -0.15) is 0 Å². The van der Waals surface area contributed by atoms with E-state index in [1.165, 1.54) is 32.1 Å². The number of nitrogens with one attached hydrogen (secondary N) is 2. The summed E-state index contributed by atoms with van der Waals surface area (Å²) in [5.41, 5.74) is 2.25. The Morgan fingerprint density at radius 2 is 1.75 bits per heavy atom. The molecular formula is C19H23N3O2. The maximum absolute atomic E-state index is 11.4. The standard InChI is InChI=1S/C19H23N3O2/c23-22(24)19-13-17(20-14-15-7-3-1-4-8-15)11-12-18(19)21-16-9-5-2-6-10-16/h2,5-6,9-13,15,20-21H,1,3-4,7-8,14H2. The van der Waals surface area contributed by atoms with Crippen LogP contribution in [0.4, 0.5) is 22.7 Å². The van der Waals surface area contributed by atoms with E-state index in [1.54, 1.807) is 12.1 Å². The summed E-state index contributed by atoms with van der Waals surface area (Å²) in [6.07, 6.45) is 6.44. The summed E-state index contributed by atoms with van der Waals surface area (Å²) < 4.78 is 0. The van der Waals surface area contributed by atoms with Crippen molar-refractivity contribution in [3.8, 4) is 0 Å². The summed E-state index contributed by atoms with van der Waals surface area (Å²) in [5.74, 6) is 0.680. The fourth-order valence-electron chi connectivity index (χ4n) is 3.23. The average Bonchev–Trinajstić information content (AvgIpc) is 2.62. The molecule has 1 aliphatic carbocycles. The largest absolute Gasteiger partial charge is 0.385 e. The zero-order valence-corrected chi connectivity index (χ0v) is 13.7. The Morgan fingerprint density at radius 3 is 2.46 bits per heavy atom. The molecule has 0 atom stereocenters. The average molecular weight is 325 g/mol. The third-order valence-electron chi connectivity index (χ3n) is 4.57. The molecule has 126 valence electrons. The first-order chi connectivity index (χ1) is 11.7. The lowest BCUT2D eigenvalue weighted by Crippen LogP contribution is -2.17. The quantitative estimate of drug-likeness (QED) is 0.556. The minimum atomic E-state index is -0.336. The summed E-state index contributed by atoms with van der Waals surface area (Å²) in [5, 5.41) is 17.9. The molecule has 24 heavy (non-hydrogen) atoms. The third-order valence-corrected chi connectivity index (χ3v) is 4.57. The van der Waals surface area contributed by atoms with Crippen LogP contribution in [-0.2, 0) is 0 Å². The molecule has 0 unspecified atom stereocenters. The predicted molar refractivity (Wildman–Crippen MR) is 97.9 cm³/mol. The van der Waals surface area contributed by atoms with E-state index in [9.17, 15) is 10.1 Å². The molecule has 1 aliphatic rings. The molecule has 0 amide bonds. The van der Waals surface area contributed by atoms with Crippen LogP contribution >= 0.6 is 0 Å². The van der Waals surface area contributed by atoms with Crippen LogP contribution in [0.3, 0.4) is 0 Å². The summed E-state index contributed by atoms with van der Waals surface area (Å²) in [7, 11) is 0. The number of hydrogen-bond donors (Lipinski definition) is 2. The Labute approximate surface area is 142 Å². The fraction of sp³-hybridized carbons (Fsp3) is 0.368. The molecule has 2 aromatic carbocycles. The number of hydrogen-bond acceptors (Lipinski definition) is 4. The second-order valence-corrected chi connectivity index (χ2v) is 6.37. The molecule has 0 bridgehead atoms. The molecule has 2 aromatic rings. The number of para-hydroxylation sites is 1. The van der Waals surface area contributed by atoms with Crippen molar-refractivity contribution in [3.05, 3.63) is 58.6 Å². The molecule has 0 heterocycles. The Kier molecular flexibility index (Phi) is 5.31.